The Labute approximate surface area is 149 Å². The molecule has 6 heteroatoms. The summed E-state index contributed by atoms with van der Waals surface area (Å²) < 4.78 is 5.08. The van der Waals surface area contributed by atoms with Crippen molar-refractivity contribution in [2.75, 3.05) is 40.0 Å². The molecule has 140 valence electrons. The van der Waals surface area contributed by atoms with Crippen molar-refractivity contribution < 1.29 is 19.7 Å². The number of nitrogens with one attached hydrogen (secondary N) is 1. The van der Waals surface area contributed by atoms with Crippen LogP contribution >= 0.6 is 0 Å². The summed E-state index contributed by atoms with van der Waals surface area (Å²) in [4.78, 5) is 14.2. The third-order valence-corrected chi connectivity index (χ3v) is 4.64. The van der Waals surface area contributed by atoms with Gasteiger partial charge in [0.2, 0.25) is 5.91 Å². The number of hydrogen-bond donors (Lipinski definition) is 3. The first kappa shape index (κ1) is 19.8. The number of hydrogen-bond acceptors (Lipinski definition) is 5. The number of benzene rings is 1. The number of aliphatic hydroxyl groups excluding tert-OH is 2. The van der Waals surface area contributed by atoms with E-state index in [4.69, 9.17) is 9.84 Å². The van der Waals surface area contributed by atoms with Crippen molar-refractivity contribution in [2.24, 2.45) is 0 Å². The number of nitrogens with zero attached hydrogens (tertiary/aromatic N) is 1. The Balaban J connectivity index is 2.03. The maximum atomic E-state index is 11.9. The summed E-state index contributed by atoms with van der Waals surface area (Å²) >= 11 is 0. The van der Waals surface area contributed by atoms with Gasteiger partial charge in [-0.2, -0.15) is 0 Å². The Hall–Kier alpha value is -1.47. The first-order valence-electron chi connectivity index (χ1n) is 9.02. The fourth-order valence-corrected chi connectivity index (χ4v) is 3.18. The Morgan fingerprint density at radius 1 is 1.28 bits per heavy atom. The van der Waals surface area contributed by atoms with Gasteiger partial charge in [0.1, 0.15) is 6.10 Å². The Morgan fingerprint density at radius 3 is 2.56 bits per heavy atom. The fraction of sp³-hybridized carbons (Fsp3) is 0.632. The zero-order valence-electron chi connectivity index (χ0n) is 15.0. The number of methoxy groups -OCH3 is 1. The van der Waals surface area contributed by atoms with E-state index in [2.05, 4.69) is 10.2 Å². The molecular formula is C19H30N2O4. The van der Waals surface area contributed by atoms with Crippen LogP contribution in [0.15, 0.2) is 24.3 Å². The molecule has 2 rings (SSSR count). The van der Waals surface area contributed by atoms with Crippen LogP contribution in [0.3, 0.4) is 0 Å². The SMILES string of the molecule is COCCc1ccc([C@@H](O)[C@@H](CN2CCCC2)NC(=O)CCO)cc1. The van der Waals surface area contributed by atoms with Gasteiger partial charge in [0.05, 0.1) is 19.3 Å². The second kappa shape index (κ2) is 10.5. The third-order valence-electron chi connectivity index (χ3n) is 4.64. The van der Waals surface area contributed by atoms with Crippen LogP contribution in [0.25, 0.3) is 0 Å². The van der Waals surface area contributed by atoms with Crippen molar-refractivity contribution in [2.45, 2.75) is 37.8 Å². The van der Waals surface area contributed by atoms with Crippen LogP contribution in [0.1, 0.15) is 36.5 Å². The van der Waals surface area contributed by atoms with E-state index >= 15 is 0 Å². The molecule has 1 amide bonds. The molecule has 1 aromatic carbocycles. The van der Waals surface area contributed by atoms with Gasteiger partial charge in [0, 0.05) is 20.1 Å². The highest BCUT2D eigenvalue weighted by Gasteiger charge is 2.26. The van der Waals surface area contributed by atoms with E-state index in [1.54, 1.807) is 7.11 Å². The summed E-state index contributed by atoms with van der Waals surface area (Å²) in [5, 5.41) is 22.6. The minimum atomic E-state index is -0.778. The molecule has 0 spiro atoms. The predicted molar refractivity (Wildman–Crippen MR) is 96.3 cm³/mol. The van der Waals surface area contributed by atoms with Gasteiger partial charge in [0.25, 0.3) is 0 Å². The zero-order valence-corrected chi connectivity index (χ0v) is 15.0. The van der Waals surface area contributed by atoms with E-state index in [1.807, 2.05) is 24.3 Å². The standard InChI is InChI=1S/C19H30N2O4/c1-25-13-9-15-4-6-16(7-5-15)19(24)17(20-18(23)8-12-22)14-21-10-2-3-11-21/h4-7,17,19,22,24H,2-3,8-14H2,1H3,(H,20,23)/t17-,19-/m1/s1. The van der Waals surface area contributed by atoms with E-state index in [1.165, 1.54) is 0 Å². The van der Waals surface area contributed by atoms with Gasteiger partial charge in [-0.15, -0.1) is 0 Å². The number of carbonyl (C=O) groups excluding carboxylic acids is 1. The maximum Gasteiger partial charge on any atom is 0.222 e. The monoisotopic (exact) mass is 350 g/mol. The maximum absolute atomic E-state index is 11.9. The Kier molecular flexibility index (Phi) is 8.34. The van der Waals surface area contributed by atoms with Gasteiger partial charge < -0.3 is 25.2 Å². The quantitative estimate of drug-likeness (QED) is 0.583. The highest BCUT2D eigenvalue weighted by Crippen LogP contribution is 2.20. The second-order valence-corrected chi connectivity index (χ2v) is 6.58. The van der Waals surface area contributed by atoms with Crippen LogP contribution in [0.4, 0.5) is 0 Å². The third kappa shape index (κ3) is 6.40. The second-order valence-electron chi connectivity index (χ2n) is 6.58. The van der Waals surface area contributed by atoms with Crippen LogP contribution in [0.2, 0.25) is 0 Å². The first-order valence-corrected chi connectivity index (χ1v) is 9.02. The lowest BCUT2D eigenvalue weighted by molar-refractivity contribution is -0.123. The molecule has 6 nitrogen and oxygen atoms in total. The zero-order chi connectivity index (χ0) is 18.1. The molecule has 1 aliphatic rings. The first-order chi connectivity index (χ1) is 12.1. The van der Waals surface area contributed by atoms with Gasteiger partial charge in [-0.3, -0.25) is 4.79 Å². The fourth-order valence-electron chi connectivity index (χ4n) is 3.18. The van der Waals surface area contributed by atoms with Gasteiger partial charge in [0.15, 0.2) is 0 Å². The van der Waals surface area contributed by atoms with Crippen LogP contribution in [0.5, 0.6) is 0 Å². The van der Waals surface area contributed by atoms with Crippen molar-refractivity contribution in [3.05, 3.63) is 35.4 Å². The summed E-state index contributed by atoms with van der Waals surface area (Å²) in [5.74, 6) is -0.234. The molecule has 1 saturated heterocycles. The molecule has 1 heterocycles. The van der Waals surface area contributed by atoms with E-state index in [-0.39, 0.29) is 25.0 Å². The van der Waals surface area contributed by atoms with Crippen LogP contribution in [0, 0.1) is 0 Å². The topological polar surface area (TPSA) is 82.0 Å². The van der Waals surface area contributed by atoms with Gasteiger partial charge in [-0.05, 0) is 43.5 Å². The lowest BCUT2D eigenvalue weighted by Gasteiger charge is -2.28. The van der Waals surface area contributed by atoms with Gasteiger partial charge >= 0.3 is 0 Å². The molecule has 0 aromatic heterocycles. The molecule has 0 aliphatic carbocycles. The van der Waals surface area contributed by atoms with Gasteiger partial charge in [-0.1, -0.05) is 24.3 Å². The summed E-state index contributed by atoms with van der Waals surface area (Å²) in [6.07, 6.45) is 2.42. The van der Waals surface area contributed by atoms with Crippen molar-refractivity contribution in [1.29, 1.82) is 0 Å². The smallest absolute Gasteiger partial charge is 0.222 e. The molecular weight excluding hydrogens is 320 g/mol. The average molecular weight is 350 g/mol. The minimum absolute atomic E-state index is 0.0547. The molecule has 0 unspecified atom stereocenters. The molecule has 2 atom stereocenters. The highest BCUT2D eigenvalue weighted by atomic mass is 16.5. The molecule has 0 saturated carbocycles. The summed E-state index contributed by atoms with van der Waals surface area (Å²) in [6, 6.07) is 7.40. The minimum Gasteiger partial charge on any atom is -0.396 e. The normalized spacial score (nSPS) is 17.4. The van der Waals surface area contributed by atoms with Crippen LogP contribution in [-0.2, 0) is 16.0 Å². The molecule has 0 radical (unpaired) electrons. The van der Waals surface area contributed by atoms with Crippen molar-refractivity contribution in [3.8, 4) is 0 Å². The summed E-state index contributed by atoms with van der Waals surface area (Å²) in [5.41, 5.74) is 1.94. The molecule has 1 aromatic rings. The Morgan fingerprint density at radius 2 is 1.96 bits per heavy atom. The van der Waals surface area contributed by atoms with E-state index in [0.29, 0.717) is 13.2 Å². The largest absolute Gasteiger partial charge is 0.396 e. The average Bonchev–Trinajstić information content (AvgIpc) is 3.12. The van der Waals surface area contributed by atoms with Crippen LogP contribution in [-0.4, -0.2) is 67.0 Å². The number of likely N-dealkylation sites (tertiary alicyclic amines) is 1. The highest BCUT2D eigenvalue weighted by molar-refractivity contribution is 5.76. The molecule has 3 N–H and O–H groups in total. The van der Waals surface area contributed by atoms with Crippen molar-refractivity contribution in [3.63, 3.8) is 0 Å². The Bertz CT molecular complexity index is 515. The van der Waals surface area contributed by atoms with E-state index in [0.717, 1.165) is 43.5 Å². The number of aliphatic hydroxyl groups is 2. The summed E-state index contributed by atoms with van der Waals surface area (Å²) in [7, 11) is 1.68. The lowest BCUT2D eigenvalue weighted by Crippen LogP contribution is -2.46. The number of rotatable bonds is 10. The molecule has 1 fully saturated rings. The predicted octanol–water partition coefficient (Wildman–Crippen LogP) is 0.872. The molecule has 1 aliphatic heterocycles. The van der Waals surface area contributed by atoms with Crippen molar-refractivity contribution in [1.82, 2.24) is 10.2 Å². The van der Waals surface area contributed by atoms with E-state index in [9.17, 15) is 9.90 Å². The molecule has 25 heavy (non-hydrogen) atoms. The van der Waals surface area contributed by atoms with Crippen LogP contribution < -0.4 is 5.32 Å². The lowest BCUT2D eigenvalue weighted by atomic mass is 9.99. The van der Waals surface area contributed by atoms with Gasteiger partial charge in [-0.25, -0.2) is 0 Å². The van der Waals surface area contributed by atoms with Crippen molar-refractivity contribution >= 4 is 5.91 Å². The number of ether oxygens (including phenoxy) is 1. The number of amides is 1. The molecule has 0 bridgehead atoms. The number of carbonyl (C=O) groups is 1. The summed E-state index contributed by atoms with van der Waals surface area (Å²) in [6.45, 7) is 3.08. The van der Waals surface area contributed by atoms with E-state index < -0.39 is 6.10 Å².